The van der Waals surface area contributed by atoms with Crippen molar-refractivity contribution in [2.24, 2.45) is 11.7 Å². The van der Waals surface area contributed by atoms with Gasteiger partial charge in [-0.3, -0.25) is 4.79 Å². The Morgan fingerprint density at radius 1 is 1.63 bits per heavy atom. The third kappa shape index (κ3) is 3.15. The Hall–Kier alpha value is -0.940. The van der Waals surface area contributed by atoms with Crippen molar-refractivity contribution in [3.63, 3.8) is 0 Å². The Labute approximate surface area is 118 Å². The number of nitrogens with two attached hydrogens (primary N) is 1. The van der Waals surface area contributed by atoms with Crippen LogP contribution < -0.4 is 11.1 Å². The van der Waals surface area contributed by atoms with Crippen LogP contribution in [0.1, 0.15) is 50.2 Å². The van der Waals surface area contributed by atoms with Crippen LogP contribution in [0.2, 0.25) is 0 Å². The lowest BCUT2D eigenvalue weighted by atomic mass is 9.97. The third-order valence-electron chi connectivity index (χ3n) is 4.04. The first-order chi connectivity index (χ1) is 8.94. The minimum atomic E-state index is -0.358. The predicted molar refractivity (Wildman–Crippen MR) is 78.0 cm³/mol. The molecule has 1 aromatic rings. The van der Waals surface area contributed by atoms with Gasteiger partial charge in [-0.15, -0.1) is 11.3 Å². The van der Waals surface area contributed by atoms with E-state index in [4.69, 9.17) is 5.73 Å². The maximum atomic E-state index is 12.4. The molecule has 1 saturated carbocycles. The molecule has 1 aliphatic rings. The van der Waals surface area contributed by atoms with Crippen molar-refractivity contribution in [2.75, 3.05) is 0 Å². The SMILES string of the molecule is CCC(C)(NC(=O)C1CCC(N)C1)c1nc(C)cs1. The summed E-state index contributed by atoms with van der Waals surface area (Å²) in [5.41, 5.74) is 6.54. The molecule has 1 amide bonds. The van der Waals surface area contributed by atoms with Crippen molar-refractivity contribution in [3.05, 3.63) is 16.1 Å². The number of amides is 1. The number of hydrogen-bond acceptors (Lipinski definition) is 4. The summed E-state index contributed by atoms with van der Waals surface area (Å²) in [6.07, 6.45) is 3.51. The van der Waals surface area contributed by atoms with Crippen molar-refractivity contribution >= 4 is 17.2 Å². The minimum Gasteiger partial charge on any atom is -0.344 e. The molecule has 19 heavy (non-hydrogen) atoms. The number of aromatic nitrogens is 1. The smallest absolute Gasteiger partial charge is 0.223 e. The van der Waals surface area contributed by atoms with Crippen LogP contribution in [0.15, 0.2) is 5.38 Å². The lowest BCUT2D eigenvalue weighted by Gasteiger charge is -2.29. The van der Waals surface area contributed by atoms with Gasteiger partial charge in [-0.2, -0.15) is 0 Å². The summed E-state index contributed by atoms with van der Waals surface area (Å²) in [7, 11) is 0. The molecular formula is C14H23N3OS. The first-order valence-corrected chi connectivity index (χ1v) is 7.83. The van der Waals surface area contributed by atoms with Gasteiger partial charge in [0.1, 0.15) is 5.01 Å². The molecule has 1 aliphatic carbocycles. The van der Waals surface area contributed by atoms with E-state index in [1.807, 2.05) is 12.3 Å². The second-order valence-electron chi connectivity index (χ2n) is 5.74. The van der Waals surface area contributed by atoms with E-state index in [1.54, 1.807) is 11.3 Å². The van der Waals surface area contributed by atoms with Crippen LogP contribution in [0.5, 0.6) is 0 Å². The Kier molecular flexibility index (Phi) is 4.26. The van der Waals surface area contributed by atoms with Gasteiger partial charge in [0.25, 0.3) is 0 Å². The molecule has 3 N–H and O–H groups in total. The normalized spacial score (nSPS) is 26.1. The van der Waals surface area contributed by atoms with Crippen LogP contribution in [0.3, 0.4) is 0 Å². The average Bonchev–Trinajstić information content (AvgIpc) is 2.98. The van der Waals surface area contributed by atoms with Gasteiger partial charge in [-0.25, -0.2) is 4.98 Å². The zero-order valence-electron chi connectivity index (χ0n) is 11.9. The number of aryl methyl sites for hydroxylation is 1. The number of nitrogens with one attached hydrogen (secondary N) is 1. The molecule has 0 aliphatic heterocycles. The Morgan fingerprint density at radius 3 is 2.84 bits per heavy atom. The molecule has 106 valence electrons. The van der Waals surface area contributed by atoms with E-state index in [2.05, 4.69) is 24.1 Å². The minimum absolute atomic E-state index is 0.0712. The maximum absolute atomic E-state index is 12.4. The first-order valence-electron chi connectivity index (χ1n) is 6.95. The van der Waals surface area contributed by atoms with Gasteiger partial charge in [0.2, 0.25) is 5.91 Å². The van der Waals surface area contributed by atoms with Gasteiger partial charge in [-0.1, -0.05) is 6.92 Å². The highest BCUT2D eigenvalue weighted by Crippen LogP contribution is 2.30. The van der Waals surface area contributed by atoms with Crippen molar-refractivity contribution in [1.29, 1.82) is 0 Å². The molecule has 5 heteroatoms. The predicted octanol–water partition coefficient (Wildman–Crippen LogP) is 2.32. The largest absolute Gasteiger partial charge is 0.344 e. The van der Waals surface area contributed by atoms with Gasteiger partial charge in [0, 0.05) is 23.0 Å². The zero-order valence-corrected chi connectivity index (χ0v) is 12.7. The van der Waals surface area contributed by atoms with E-state index in [0.29, 0.717) is 0 Å². The lowest BCUT2D eigenvalue weighted by Crippen LogP contribution is -2.45. The molecule has 2 rings (SSSR count). The van der Waals surface area contributed by atoms with Gasteiger partial charge >= 0.3 is 0 Å². The van der Waals surface area contributed by atoms with Crippen molar-refractivity contribution in [3.8, 4) is 0 Å². The molecule has 0 spiro atoms. The Morgan fingerprint density at radius 2 is 2.37 bits per heavy atom. The fourth-order valence-electron chi connectivity index (χ4n) is 2.53. The van der Waals surface area contributed by atoms with Gasteiger partial charge in [0.05, 0.1) is 5.54 Å². The topological polar surface area (TPSA) is 68.0 Å². The number of nitrogens with zero attached hydrogens (tertiary/aromatic N) is 1. The van der Waals surface area contributed by atoms with Gasteiger partial charge in [-0.05, 0) is 39.5 Å². The molecule has 0 saturated heterocycles. The summed E-state index contributed by atoms with van der Waals surface area (Å²) in [5, 5.41) is 6.21. The fourth-order valence-corrected chi connectivity index (χ4v) is 3.52. The molecular weight excluding hydrogens is 258 g/mol. The Bertz CT molecular complexity index is 459. The second-order valence-corrected chi connectivity index (χ2v) is 6.60. The molecule has 3 atom stereocenters. The summed E-state index contributed by atoms with van der Waals surface area (Å²) in [4.78, 5) is 16.9. The quantitative estimate of drug-likeness (QED) is 0.890. The summed E-state index contributed by atoms with van der Waals surface area (Å²) >= 11 is 1.62. The standard InChI is InChI=1S/C14H23N3OS/c1-4-14(3,13-16-9(2)8-19-13)17-12(18)10-5-6-11(15)7-10/h8,10-11H,4-7,15H2,1-3H3,(H,17,18). The molecule has 0 bridgehead atoms. The van der Waals surface area contributed by atoms with E-state index in [-0.39, 0.29) is 23.4 Å². The highest BCUT2D eigenvalue weighted by molar-refractivity contribution is 7.09. The van der Waals surface area contributed by atoms with E-state index >= 15 is 0 Å². The Balaban J connectivity index is 2.08. The zero-order chi connectivity index (χ0) is 14.0. The highest BCUT2D eigenvalue weighted by Gasteiger charge is 2.34. The number of rotatable bonds is 4. The molecule has 4 nitrogen and oxygen atoms in total. The first kappa shape index (κ1) is 14.5. The third-order valence-corrected chi connectivity index (χ3v) is 5.27. The molecule has 3 unspecified atom stereocenters. The molecule has 1 heterocycles. The van der Waals surface area contributed by atoms with Crippen LogP contribution in [0.4, 0.5) is 0 Å². The van der Waals surface area contributed by atoms with E-state index in [9.17, 15) is 4.79 Å². The van der Waals surface area contributed by atoms with Crippen LogP contribution in [-0.2, 0) is 10.3 Å². The number of hydrogen-bond donors (Lipinski definition) is 2. The maximum Gasteiger partial charge on any atom is 0.223 e. The molecule has 1 fully saturated rings. The van der Waals surface area contributed by atoms with E-state index in [1.165, 1.54) is 0 Å². The molecule has 0 radical (unpaired) electrons. The lowest BCUT2D eigenvalue weighted by molar-refractivity contribution is -0.126. The van der Waals surface area contributed by atoms with Crippen molar-refractivity contribution in [1.82, 2.24) is 10.3 Å². The summed E-state index contributed by atoms with van der Waals surface area (Å²) in [5.74, 6) is 0.201. The monoisotopic (exact) mass is 281 g/mol. The summed E-state index contributed by atoms with van der Waals surface area (Å²) in [6.45, 7) is 6.11. The van der Waals surface area contributed by atoms with Crippen LogP contribution >= 0.6 is 11.3 Å². The average molecular weight is 281 g/mol. The van der Waals surface area contributed by atoms with Crippen LogP contribution in [0.25, 0.3) is 0 Å². The van der Waals surface area contributed by atoms with Crippen LogP contribution in [0, 0.1) is 12.8 Å². The highest BCUT2D eigenvalue weighted by atomic mass is 32.1. The van der Waals surface area contributed by atoms with E-state index < -0.39 is 0 Å². The second kappa shape index (κ2) is 5.59. The van der Waals surface area contributed by atoms with Gasteiger partial charge < -0.3 is 11.1 Å². The van der Waals surface area contributed by atoms with Crippen molar-refractivity contribution in [2.45, 2.75) is 58.0 Å². The summed E-state index contributed by atoms with van der Waals surface area (Å²) in [6, 6.07) is 0.186. The van der Waals surface area contributed by atoms with Crippen LogP contribution in [-0.4, -0.2) is 16.9 Å². The number of carbonyl (C=O) groups is 1. The van der Waals surface area contributed by atoms with E-state index in [0.717, 1.165) is 36.4 Å². The molecule has 1 aromatic heterocycles. The van der Waals surface area contributed by atoms with Crippen molar-refractivity contribution < 1.29 is 4.79 Å². The number of carbonyl (C=O) groups excluding carboxylic acids is 1. The fraction of sp³-hybridized carbons (Fsp3) is 0.714. The number of thiazole rings is 1. The summed E-state index contributed by atoms with van der Waals surface area (Å²) < 4.78 is 0. The van der Waals surface area contributed by atoms with Gasteiger partial charge in [0.15, 0.2) is 0 Å². The molecule has 0 aromatic carbocycles.